The molecule has 1 unspecified atom stereocenters. The van der Waals surface area contributed by atoms with Crippen molar-refractivity contribution in [2.75, 3.05) is 13.2 Å². The van der Waals surface area contributed by atoms with Crippen molar-refractivity contribution in [3.8, 4) is 5.75 Å². The number of fused-ring (bicyclic) bond motifs is 5. The molecule has 1 aromatic rings. The number of unbranched alkanes of at least 4 members (excludes halogenated alkanes) is 2. The molecular formula is C25H38O3. The first-order valence-corrected chi connectivity index (χ1v) is 11.6. The summed E-state index contributed by atoms with van der Waals surface area (Å²) in [6.45, 7) is 6.09. The molecule has 2 saturated carbocycles. The molecule has 28 heavy (non-hydrogen) atoms. The van der Waals surface area contributed by atoms with Gasteiger partial charge in [-0.3, -0.25) is 0 Å². The predicted molar refractivity (Wildman–Crippen MR) is 113 cm³/mol. The van der Waals surface area contributed by atoms with E-state index in [1.807, 2.05) is 12.1 Å². The van der Waals surface area contributed by atoms with Gasteiger partial charge in [-0.25, -0.2) is 0 Å². The minimum atomic E-state index is -0.114. The molecule has 3 nitrogen and oxygen atoms in total. The van der Waals surface area contributed by atoms with E-state index in [4.69, 9.17) is 4.74 Å². The van der Waals surface area contributed by atoms with Gasteiger partial charge in [0, 0.05) is 13.2 Å². The number of aliphatic hydroxyl groups excluding tert-OH is 1. The number of phenols is 1. The van der Waals surface area contributed by atoms with Crippen molar-refractivity contribution in [3.63, 3.8) is 0 Å². The van der Waals surface area contributed by atoms with Gasteiger partial charge < -0.3 is 14.9 Å². The molecule has 4 rings (SSSR count). The lowest BCUT2D eigenvalue weighted by Gasteiger charge is -2.51. The van der Waals surface area contributed by atoms with E-state index in [0.29, 0.717) is 29.4 Å². The highest BCUT2D eigenvalue weighted by Gasteiger charge is 2.55. The van der Waals surface area contributed by atoms with Gasteiger partial charge in [-0.1, -0.05) is 25.8 Å². The van der Waals surface area contributed by atoms with E-state index in [1.54, 1.807) is 0 Å². The normalized spacial score (nSPS) is 36.6. The Morgan fingerprint density at radius 1 is 1.11 bits per heavy atom. The maximum atomic E-state index is 10.7. The Kier molecular flexibility index (Phi) is 6.04. The predicted octanol–water partition coefficient (Wildman–Crippen LogP) is 5.75. The molecule has 3 aliphatic carbocycles. The summed E-state index contributed by atoms with van der Waals surface area (Å²) >= 11 is 0. The van der Waals surface area contributed by atoms with Crippen LogP contribution in [-0.2, 0) is 4.74 Å². The number of aromatic hydroxyl groups is 1. The molecule has 0 radical (unpaired) electrons. The summed E-state index contributed by atoms with van der Waals surface area (Å²) in [5, 5.41) is 20.8. The summed E-state index contributed by atoms with van der Waals surface area (Å²) in [5.74, 6) is 2.93. The summed E-state index contributed by atoms with van der Waals surface area (Å²) in [7, 11) is 0. The van der Waals surface area contributed by atoms with Crippen molar-refractivity contribution >= 4 is 0 Å². The van der Waals surface area contributed by atoms with E-state index in [0.717, 1.165) is 32.5 Å². The Hall–Kier alpha value is -1.06. The summed E-state index contributed by atoms with van der Waals surface area (Å²) in [5.41, 5.74) is 3.03. The van der Waals surface area contributed by atoms with Gasteiger partial charge in [-0.15, -0.1) is 0 Å². The van der Waals surface area contributed by atoms with Crippen molar-refractivity contribution in [3.05, 3.63) is 29.3 Å². The maximum Gasteiger partial charge on any atom is 0.115 e. The van der Waals surface area contributed by atoms with Crippen LogP contribution in [0.15, 0.2) is 18.2 Å². The van der Waals surface area contributed by atoms with Crippen LogP contribution in [0.25, 0.3) is 0 Å². The van der Waals surface area contributed by atoms with Crippen LogP contribution in [0.3, 0.4) is 0 Å². The van der Waals surface area contributed by atoms with E-state index < -0.39 is 0 Å². The molecule has 0 bridgehead atoms. The topological polar surface area (TPSA) is 49.7 Å². The van der Waals surface area contributed by atoms with E-state index in [2.05, 4.69) is 19.9 Å². The van der Waals surface area contributed by atoms with Gasteiger partial charge in [0.1, 0.15) is 5.75 Å². The second-order valence-corrected chi connectivity index (χ2v) is 9.81. The second kappa shape index (κ2) is 8.36. The van der Waals surface area contributed by atoms with Crippen LogP contribution < -0.4 is 0 Å². The van der Waals surface area contributed by atoms with Crippen LogP contribution in [-0.4, -0.2) is 29.5 Å². The smallest absolute Gasteiger partial charge is 0.115 e. The fourth-order valence-electron chi connectivity index (χ4n) is 6.87. The second-order valence-electron chi connectivity index (χ2n) is 9.81. The van der Waals surface area contributed by atoms with Gasteiger partial charge in [0.2, 0.25) is 0 Å². The molecular weight excluding hydrogens is 348 g/mol. The van der Waals surface area contributed by atoms with Crippen LogP contribution in [0.5, 0.6) is 5.75 Å². The third-order valence-electron chi connectivity index (χ3n) is 8.40. The van der Waals surface area contributed by atoms with Crippen LogP contribution in [0, 0.1) is 17.3 Å². The third kappa shape index (κ3) is 3.61. The largest absolute Gasteiger partial charge is 0.508 e. The molecule has 0 saturated heterocycles. The first-order chi connectivity index (χ1) is 13.5. The van der Waals surface area contributed by atoms with E-state index in [-0.39, 0.29) is 11.5 Å². The molecule has 156 valence electrons. The van der Waals surface area contributed by atoms with Gasteiger partial charge in [-0.2, -0.15) is 0 Å². The Labute approximate surface area is 170 Å². The van der Waals surface area contributed by atoms with Crippen molar-refractivity contribution in [2.24, 2.45) is 17.3 Å². The van der Waals surface area contributed by atoms with Gasteiger partial charge >= 0.3 is 0 Å². The van der Waals surface area contributed by atoms with Crippen molar-refractivity contribution < 1.29 is 14.9 Å². The highest BCUT2D eigenvalue weighted by molar-refractivity contribution is 5.42. The van der Waals surface area contributed by atoms with Crippen molar-refractivity contribution in [1.29, 1.82) is 0 Å². The lowest BCUT2D eigenvalue weighted by molar-refractivity contribution is -0.0252. The summed E-state index contributed by atoms with van der Waals surface area (Å²) in [4.78, 5) is 0. The zero-order chi connectivity index (χ0) is 19.7. The van der Waals surface area contributed by atoms with Crippen LogP contribution in [0.2, 0.25) is 0 Å². The van der Waals surface area contributed by atoms with Gasteiger partial charge in [0.25, 0.3) is 0 Å². The Bertz CT molecular complexity index is 672. The molecule has 0 aliphatic heterocycles. The lowest BCUT2D eigenvalue weighted by atomic mass is 9.53. The van der Waals surface area contributed by atoms with E-state index in [1.165, 1.54) is 49.7 Å². The molecule has 2 fully saturated rings. The zero-order valence-electron chi connectivity index (χ0n) is 17.7. The highest BCUT2D eigenvalue weighted by atomic mass is 16.5. The average molecular weight is 387 g/mol. The molecule has 1 aromatic carbocycles. The number of benzene rings is 1. The molecule has 3 aliphatic rings. The monoisotopic (exact) mass is 386 g/mol. The Morgan fingerprint density at radius 2 is 1.96 bits per heavy atom. The Balaban J connectivity index is 1.52. The molecule has 3 heteroatoms. The number of rotatable bonds is 7. The fourth-order valence-corrected chi connectivity index (χ4v) is 6.87. The first kappa shape index (κ1) is 20.2. The van der Waals surface area contributed by atoms with Gasteiger partial charge in [0.15, 0.2) is 0 Å². The van der Waals surface area contributed by atoms with Crippen molar-refractivity contribution in [2.45, 2.75) is 89.6 Å². The molecule has 0 heterocycles. The summed E-state index contributed by atoms with van der Waals surface area (Å²) in [6, 6.07) is 6.14. The standard InChI is InChI=1S/C25H38O3/c1-3-28-14-6-4-5-7-17-15-22-20(19-9-8-18(26)16-21(17)19)12-13-25(2)23(22)10-11-24(25)27/h8-9,16-17,20,22-24,26-27H,3-7,10-15H2,1-2H3/t17-,20-,22-,23+,24?,25+/m1/s1. The van der Waals surface area contributed by atoms with Gasteiger partial charge in [0.05, 0.1) is 6.10 Å². The summed E-state index contributed by atoms with van der Waals surface area (Å²) in [6.07, 6.45) is 10.4. The maximum absolute atomic E-state index is 10.7. The number of aliphatic hydroxyl groups is 1. The fraction of sp³-hybridized carbons (Fsp3) is 0.760. The quantitative estimate of drug-likeness (QED) is 0.587. The molecule has 0 amide bonds. The molecule has 6 atom stereocenters. The lowest BCUT2D eigenvalue weighted by Crippen LogP contribution is -2.44. The zero-order valence-corrected chi connectivity index (χ0v) is 17.7. The molecule has 2 N–H and O–H groups in total. The Morgan fingerprint density at radius 3 is 2.79 bits per heavy atom. The molecule has 0 spiro atoms. The SMILES string of the molecule is CCOCCCCC[C@@H]1C[C@@H]2[C@H](CC[C@]3(C)C(O)CC[C@@H]23)c2ccc(O)cc21. The van der Waals surface area contributed by atoms with Crippen LogP contribution in [0.4, 0.5) is 0 Å². The van der Waals surface area contributed by atoms with Crippen LogP contribution >= 0.6 is 0 Å². The average Bonchev–Trinajstić information content (AvgIpc) is 2.99. The van der Waals surface area contributed by atoms with E-state index in [9.17, 15) is 10.2 Å². The number of phenolic OH excluding ortho intramolecular Hbond substituents is 1. The third-order valence-corrected chi connectivity index (χ3v) is 8.40. The number of hydrogen-bond donors (Lipinski definition) is 2. The minimum Gasteiger partial charge on any atom is -0.508 e. The van der Waals surface area contributed by atoms with Crippen molar-refractivity contribution in [1.82, 2.24) is 0 Å². The highest BCUT2D eigenvalue weighted by Crippen LogP contribution is 2.62. The molecule has 0 aromatic heterocycles. The van der Waals surface area contributed by atoms with Gasteiger partial charge in [-0.05, 0) is 104 Å². The minimum absolute atomic E-state index is 0.114. The first-order valence-electron chi connectivity index (χ1n) is 11.6. The number of hydrogen-bond acceptors (Lipinski definition) is 3. The van der Waals surface area contributed by atoms with Crippen LogP contribution in [0.1, 0.15) is 94.6 Å². The van der Waals surface area contributed by atoms with E-state index >= 15 is 0 Å². The summed E-state index contributed by atoms with van der Waals surface area (Å²) < 4.78 is 5.48. The number of ether oxygens (including phenoxy) is 1.